The minimum Gasteiger partial charge on any atom is -0.490 e. The highest BCUT2D eigenvalue weighted by Gasteiger charge is 2.07. The van der Waals surface area contributed by atoms with Crippen molar-refractivity contribution in [2.45, 2.75) is 13.5 Å². The van der Waals surface area contributed by atoms with Crippen molar-refractivity contribution in [2.24, 2.45) is 5.10 Å². The summed E-state index contributed by atoms with van der Waals surface area (Å²) >= 11 is 3.48. The molecule has 3 aromatic rings. The molecule has 1 N–H and O–H groups in total. The number of hydrogen-bond acceptors (Lipinski definition) is 4. The fourth-order valence-electron chi connectivity index (χ4n) is 2.47. The minimum atomic E-state index is 0.475. The summed E-state index contributed by atoms with van der Waals surface area (Å²) in [6.45, 7) is 2.99. The van der Waals surface area contributed by atoms with Crippen LogP contribution in [-0.2, 0) is 6.61 Å². The zero-order valence-electron chi connectivity index (χ0n) is 15.1. The van der Waals surface area contributed by atoms with Gasteiger partial charge in [0.25, 0.3) is 0 Å². The second-order valence-electron chi connectivity index (χ2n) is 5.79. The molecule has 0 bridgehead atoms. The van der Waals surface area contributed by atoms with E-state index < -0.39 is 0 Å². The molecule has 0 radical (unpaired) electrons. The Hall–Kier alpha value is -2.79. The maximum Gasteiger partial charge on any atom is 0.161 e. The van der Waals surface area contributed by atoms with Gasteiger partial charge in [-0.3, -0.25) is 5.43 Å². The van der Waals surface area contributed by atoms with Crippen LogP contribution >= 0.6 is 15.9 Å². The summed E-state index contributed by atoms with van der Waals surface area (Å²) in [7, 11) is 0. The van der Waals surface area contributed by atoms with Crippen molar-refractivity contribution in [3.63, 3.8) is 0 Å². The number of benzene rings is 3. The molecule has 138 valence electrons. The van der Waals surface area contributed by atoms with E-state index in [-0.39, 0.29) is 0 Å². The van der Waals surface area contributed by atoms with Crippen molar-refractivity contribution < 1.29 is 9.47 Å². The fourth-order valence-corrected chi connectivity index (χ4v) is 2.92. The summed E-state index contributed by atoms with van der Waals surface area (Å²) in [6, 6.07) is 23.7. The van der Waals surface area contributed by atoms with Crippen LogP contribution in [0.25, 0.3) is 0 Å². The average molecular weight is 425 g/mol. The summed E-state index contributed by atoms with van der Waals surface area (Å²) in [5.74, 6) is 1.42. The van der Waals surface area contributed by atoms with Gasteiger partial charge in [0, 0.05) is 4.47 Å². The smallest absolute Gasteiger partial charge is 0.161 e. The number of rotatable bonds is 8. The Kier molecular flexibility index (Phi) is 6.88. The van der Waals surface area contributed by atoms with Crippen LogP contribution in [0.4, 0.5) is 5.69 Å². The molecule has 0 aliphatic heterocycles. The fraction of sp³-hybridized carbons (Fsp3) is 0.136. The molecular weight excluding hydrogens is 404 g/mol. The summed E-state index contributed by atoms with van der Waals surface area (Å²) < 4.78 is 12.7. The predicted octanol–water partition coefficient (Wildman–Crippen LogP) is 5.87. The Morgan fingerprint density at radius 1 is 0.926 bits per heavy atom. The maximum atomic E-state index is 5.95. The summed E-state index contributed by atoms with van der Waals surface area (Å²) in [4.78, 5) is 0. The third-order valence-corrected chi connectivity index (χ3v) is 4.23. The van der Waals surface area contributed by atoms with Gasteiger partial charge in [-0.2, -0.15) is 5.10 Å². The van der Waals surface area contributed by atoms with Gasteiger partial charge in [0.05, 0.1) is 18.5 Å². The highest BCUT2D eigenvalue weighted by Crippen LogP contribution is 2.29. The molecule has 0 atom stereocenters. The standard InChI is InChI=1S/C22H21BrN2O2/c1-2-26-22-14-17(15-24-25-20-9-4-3-5-10-20)11-12-21(22)27-16-18-7-6-8-19(23)13-18/h3-15,25H,2,16H2,1H3. The molecule has 5 heteroatoms. The molecule has 0 aromatic heterocycles. The molecule has 3 aromatic carbocycles. The number of hydrazone groups is 1. The second kappa shape index (κ2) is 9.78. The minimum absolute atomic E-state index is 0.475. The van der Waals surface area contributed by atoms with E-state index >= 15 is 0 Å². The number of halogens is 1. The number of anilines is 1. The largest absolute Gasteiger partial charge is 0.490 e. The van der Waals surface area contributed by atoms with Crippen molar-refractivity contribution in [3.05, 3.63) is 88.4 Å². The van der Waals surface area contributed by atoms with E-state index in [9.17, 15) is 0 Å². The number of hydrogen-bond donors (Lipinski definition) is 1. The van der Waals surface area contributed by atoms with Crippen LogP contribution in [0.2, 0.25) is 0 Å². The van der Waals surface area contributed by atoms with E-state index in [2.05, 4.69) is 26.5 Å². The highest BCUT2D eigenvalue weighted by atomic mass is 79.9. The summed E-state index contributed by atoms with van der Waals surface area (Å²) in [6.07, 6.45) is 1.76. The topological polar surface area (TPSA) is 42.8 Å². The van der Waals surface area contributed by atoms with Crippen LogP contribution in [0.15, 0.2) is 82.4 Å². The van der Waals surface area contributed by atoms with Gasteiger partial charge >= 0.3 is 0 Å². The van der Waals surface area contributed by atoms with Gasteiger partial charge in [0.1, 0.15) is 6.61 Å². The molecular formula is C22H21BrN2O2. The first kappa shape index (κ1) is 19.0. The number of ether oxygens (including phenoxy) is 2. The number of nitrogens with zero attached hydrogens (tertiary/aromatic N) is 1. The van der Waals surface area contributed by atoms with E-state index in [4.69, 9.17) is 9.47 Å². The quantitative estimate of drug-likeness (QED) is 0.363. The van der Waals surface area contributed by atoms with Gasteiger partial charge in [-0.25, -0.2) is 0 Å². The van der Waals surface area contributed by atoms with Gasteiger partial charge in [-0.1, -0.05) is 46.3 Å². The third-order valence-electron chi connectivity index (χ3n) is 3.73. The molecule has 0 aliphatic carbocycles. The van der Waals surface area contributed by atoms with Gasteiger partial charge in [-0.15, -0.1) is 0 Å². The highest BCUT2D eigenvalue weighted by molar-refractivity contribution is 9.10. The lowest BCUT2D eigenvalue weighted by molar-refractivity contribution is 0.269. The molecule has 0 amide bonds. The second-order valence-corrected chi connectivity index (χ2v) is 6.71. The molecule has 0 fully saturated rings. The van der Waals surface area contributed by atoms with E-state index in [1.54, 1.807) is 6.21 Å². The van der Waals surface area contributed by atoms with E-state index in [1.165, 1.54) is 0 Å². The first-order valence-electron chi connectivity index (χ1n) is 8.73. The molecule has 27 heavy (non-hydrogen) atoms. The van der Waals surface area contributed by atoms with E-state index in [0.29, 0.717) is 24.7 Å². The van der Waals surface area contributed by atoms with Crippen LogP contribution in [0.5, 0.6) is 11.5 Å². The van der Waals surface area contributed by atoms with Crippen LogP contribution in [0, 0.1) is 0 Å². The van der Waals surface area contributed by atoms with Crippen LogP contribution in [0.1, 0.15) is 18.1 Å². The zero-order chi connectivity index (χ0) is 18.9. The first-order chi connectivity index (χ1) is 13.2. The van der Waals surface area contributed by atoms with E-state index in [1.807, 2.05) is 79.7 Å². The van der Waals surface area contributed by atoms with Crippen molar-refractivity contribution in [1.82, 2.24) is 0 Å². The molecule has 0 saturated carbocycles. The Bertz CT molecular complexity index is 898. The van der Waals surface area contributed by atoms with Gasteiger partial charge < -0.3 is 9.47 Å². The van der Waals surface area contributed by atoms with Gasteiger partial charge in [-0.05, 0) is 60.5 Å². The van der Waals surface area contributed by atoms with E-state index in [0.717, 1.165) is 21.3 Å². The van der Waals surface area contributed by atoms with Crippen molar-refractivity contribution >= 4 is 27.8 Å². The average Bonchev–Trinajstić information content (AvgIpc) is 2.68. The number of para-hydroxylation sites is 1. The Morgan fingerprint density at radius 2 is 1.78 bits per heavy atom. The van der Waals surface area contributed by atoms with Crippen molar-refractivity contribution in [3.8, 4) is 11.5 Å². The lowest BCUT2D eigenvalue weighted by Gasteiger charge is -2.13. The molecule has 0 aliphatic rings. The Balaban J connectivity index is 1.68. The lowest BCUT2D eigenvalue weighted by atomic mass is 10.2. The van der Waals surface area contributed by atoms with Crippen molar-refractivity contribution in [2.75, 3.05) is 12.0 Å². The summed E-state index contributed by atoms with van der Waals surface area (Å²) in [5.41, 5.74) is 5.96. The Morgan fingerprint density at radius 3 is 2.56 bits per heavy atom. The third kappa shape index (κ3) is 5.86. The first-order valence-corrected chi connectivity index (χ1v) is 9.52. The van der Waals surface area contributed by atoms with Crippen LogP contribution in [0.3, 0.4) is 0 Å². The maximum absolute atomic E-state index is 5.95. The number of nitrogens with one attached hydrogen (secondary N) is 1. The molecule has 0 spiro atoms. The van der Waals surface area contributed by atoms with Gasteiger partial charge in [0.2, 0.25) is 0 Å². The van der Waals surface area contributed by atoms with Crippen LogP contribution < -0.4 is 14.9 Å². The normalized spacial score (nSPS) is 10.7. The molecule has 0 unspecified atom stereocenters. The lowest BCUT2D eigenvalue weighted by Crippen LogP contribution is -2.00. The SMILES string of the molecule is CCOc1cc(C=NNc2ccccc2)ccc1OCc1cccc(Br)c1. The summed E-state index contributed by atoms with van der Waals surface area (Å²) in [5, 5.41) is 4.27. The molecule has 0 saturated heterocycles. The monoisotopic (exact) mass is 424 g/mol. The Labute approximate surface area is 168 Å². The van der Waals surface area contributed by atoms with Gasteiger partial charge in [0.15, 0.2) is 11.5 Å². The zero-order valence-corrected chi connectivity index (χ0v) is 16.6. The van der Waals surface area contributed by atoms with Crippen molar-refractivity contribution in [1.29, 1.82) is 0 Å². The molecule has 3 rings (SSSR count). The predicted molar refractivity (Wildman–Crippen MR) is 114 cm³/mol. The van der Waals surface area contributed by atoms with Crippen LogP contribution in [-0.4, -0.2) is 12.8 Å². The molecule has 4 nitrogen and oxygen atoms in total. The molecule has 0 heterocycles.